The van der Waals surface area contributed by atoms with E-state index in [9.17, 15) is 9.59 Å². The maximum absolute atomic E-state index is 12.4. The minimum atomic E-state index is -0.389. The summed E-state index contributed by atoms with van der Waals surface area (Å²) in [6.07, 6.45) is 1.54. The number of amides is 2. The Bertz CT molecular complexity index is 940. The number of rotatable bonds is 5. The van der Waals surface area contributed by atoms with Crippen LogP contribution in [0.1, 0.15) is 26.5 Å². The first-order chi connectivity index (χ1) is 12.5. The van der Waals surface area contributed by atoms with Crippen molar-refractivity contribution in [2.24, 2.45) is 0 Å². The molecule has 1 aromatic heterocycles. The van der Waals surface area contributed by atoms with Crippen LogP contribution in [0.4, 0.5) is 5.69 Å². The topological polar surface area (TPSA) is 71.3 Å². The van der Waals surface area contributed by atoms with Crippen LogP contribution in [-0.4, -0.2) is 11.8 Å². The van der Waals surface area contributed by atoms with E-state index in [0.29, 0.717) is 27.6 Å². The van der Waals surface area contributed by atoms with Crippen molar-refractivity contribution in [3.8, 4) is 0 Å². The van der Waals surface area contributed by atoms with Crippen molar-refractivity contribution < 1.29 is 14.0 Å². The first kappa shape index (κ1) is 18.0. The third-order valence-electron chi connectivity index (χ3n) is 3.56. The number of carbonyl (C=O) groups is 2. The maximum Gasteiger partial charge on any atom is 0.257 e. The first-order valence-corrected chi connectivity index (χ1v) is 8.45. The Balaban J connectivity index is 1.68. The number of hydrogen-bond donors (Lipinski definition) is 2. The molecule has 2 N–H and O–H groups in total. The van der Waals surface area contributed by atoms with Crippen LogP contribution in [0.25, 0.3) is 0 Å². The molecular weight excluding hydrogens is 375 g/mol. The van der Waals surface area contributed by atoms with Crippen LogP contribution >= 0.6 is 23.2 Å². The minimum absolute atomic E-state index is 0.252. The molecule has 2 amide bonds. The standard InChI is InChI=1S/C19H14Cl2N2O3/c20-13-6-7-16(17(21)10-13)19(25)23-14-4-1-3-12(9-14)18(24)22-11-15-5-2-8-26-15/h1-10H,11H2,(H,22,24)(H,23,25). The average Bonchev–Trinajstić information content (AvgIpc) is 3.13. The zero-order chi connectivity index (χ0) is 18.5. The lowest BCUT2D eigenvalue weighted by molar-refractivity contribution is 0.0946. The first-order valence-electron chi connectivity index (χ1n) is 7.70. The van der Waals surface area contributed by atoms with Gasteiger partial charge in [-0.15, -0.1) is 0 Å². The normalized spacial score (nSPS) is 10.4. The second-order valence-corrected chi connectivity index (χ2v) is 6.26. The van der Waals surface area contributed by atoms with Crippen LogP contribution in [0, 0.1) is 0 Å². The van der Waals surface area contributed by atoms with Gasteiger partial charge < -0.3 is 15.1 Å². The van der Waals surface area contributed by atoms with Gasteiger partial charge in [-0.3, -0.25) is 9.59 Å². The third-order valence-corrected chi connectivity index (χ3v) is 4.11. The van der Waals surface area contributed by atoms with Gasteiger partial charge in [0, 0.05) is 16.3 Å². The van der Waals surface area contributed by atoms with Crippen LogP contribution in [0.2, 0.25) is 10.0 Å². The molecule has 0 spiro atoms. The lowest BCUT2D eigenvalue weighted by atomic mass is 10.1. The molecule has 0 radical (unpaired) electrons. The van der Waals surface area contributed by atoms with Gasteiger partial charge in [0.25, 0.3) is 11.8 Å². The molecule has 132 valence electrons. The van der Waals surface area contributed by atoms with Gasteiger partial charge in [-0.2, -0.15) is 0 Å². The molecule has 0 aliphatic carbocycles. The molecule has 2 aromatic carbocycles. The number of benzene rings is 2. The van der Waals surface area contributed by atoms with Gasteiger partial charge in [0.2, 0.25) is 0 Å². The number of carbonyl (C=O) groups excluding carboxylic acids is 2. The van der Waals surface area contributed by atoms with Gasteiger partial charge in [0.05, 0.1) is 23.4 Å². The highest BCUT2D eigenvalue weighted by Crippen LogP contribution is 2.22. The smallest absolute Gasteiger partial charge is 0.257 e. The monoisotopic (exact) mass is 388 g/mol. The van der Waals surface area contributed by atoms with Gasteiger partial charge in [-0.25, -0.2) is 0 Å². The van der Waals surface area contributed by atoms with Crippen LogP contribution in [0.15, 0.2) is 65.3 Å². The lowest BCUT2D eigenvalue weighted by Crippen LogP contribution is -2.22. The highest BCUT2D eigenvalue weighted by atomic mass is 35.5. The van der Waals surface area contributed by atoms with Gasteiger partial charge in [-0.1, -0.05) is 29.3 Å². The third kappa shape index (κ3) is 4.45. The zero-order valence-corrected chi connectivity index (χ0v) is 15.0. The lowest BCUT2D eigenvalue weighted by Gasteiger charge is -2.09. The van der Waals surface area contributed by atoms with E-state index in [1.165, 1.54) is 6.07 Å². The molecule has 0 unspecified atom stereocenters. The Morgan fingerprint density at radius 2 is 1.81 bits per heavy atom. The molecule has 0 saturated carbocycles. The minimum Gasteiger partial charge on any atom is -0.467 e. The summed E-state index contributed by atoms with van der Waals surface area (Å²) in [4.78, 5) is 24.6. The number of anilines is 1. The average molecular weight is 389 g/mol. The van der Waals surface area contributed by atoms with Gasteiger partial charge in [0.1, 0.15) is 5.76 Å². The Morgan fingerprint density at radius 1 is 0.962 bits per heavy atom. The van der Waals surface area contributed by atoms with Crippen LogP contribution in [0.5, 0.6) is 0 Å². The van der Waals surface area contributed by atoms with Crippen molar-refractivity contribution in [3.05, 3.63) is 87.8 Å². The predicted molar refractivity (Wildman–Crippen MR) is 101 cm³/mol. The molecule has 5 nitrogen and oxygen atoms in total. The fourth-order valence-electron chi connectivity index (χ4n) is 2.29. The fraction of sp³-hybridized carbons (Fsp3) is 0.0526. The molecule has 3 rings (SSSR count). The highest BCUT2D eigenvalue weighted by Gasteiger charge is 2.12. The molecule has 0 aliphatic heterocycles. The molecule has 26 heavy (non-hydrogen) atoms. The van der Waals surface area contributed by atoms with E-state index in [1.807, 2.05) is 0 Å². The molecular formula is C19H14Cl2N2O3. The summed E-state index contributed by atoms with van der Waals surface area (Å²) < 4.78 is 5.17. The summed E-state index contributed by atoms with van der Waals surface area (Å²) in [6, 6.07) is 14.7. The Morgan fingerprint density at radius 3 is 2.54 bits per heavy atom. The second-order valence-electron chi connectivity index (χ2n) is 5.42. The van der Waals surface area contributed by atoms with E-state index in [4.69, 9.17) is 27.6 Å². The molecule has 0 bridgehead atoms. The Labute approximate surface area is 159 Å². The summed E-state index contributed by atoms with van der Waals surface area (Å²) in [7, 11) is 0. The van der Waals surface area contributed by atoms with Gasteiger partial charge in [-0.05, 0) is 48.5 Å². The Hall–Kier alpha value is -2.76. The predicted octanol–water partition coefficient (Wildman–Crippen LogP) is 4.77. The number of furan rings is 1. The fourth-order valence-corrected chi connectivity index (χ4v) is 2.79. The zero-order valence-electron chi connectivity index (χ0n) is 13.5. The number of nitrogens with one attached hydrogen (secondary N) is 2. The number of halogens is 2. The maximum atomic E-state index is 12.4. The van der Waals surface area contributed by atoms with E-state index in [2.05, 4.69) is 10.6 Å². The van der Waals surface area contributed by atoms with Gasteiger partial charge >= 0.3 is 0 Å². The van der Waals surface area contributed by atoms with E-state index >= 15 is 0 Å². The second kappa shape index (κ2) is 8.08. The molecule has 1 heterocycles. The van der Waals surface area contributed by atoms with Crippen molar-refractivity contribution in [1.82, 2.24) is 5.32 Å². The summed E-state index contributed by atoms with van der Waals surface area (Å²) in [5.74, 6) is -0.0120. The largest absolute Gasteiger partial charge is 0.467 e. The van der Waals surface area contributed by atoms with Crippen LogP contribution in [-0.2, 0) is 6.54 Å². The summed E-state index contributed by atoms with van der Waals surface area (Å²) in [6.45, 7) is 0.281. The summed E-state index contributed by atoms with van der Waals surface area (Å²) in [5, 5.41) is 6.16. The number of hydrogen-bond acceptors (Lipinski definition) is 3. The summed E-state index contributed by atoms with van der Waals surface area (Å²) in [5.41, 5.74) is 1.19. The van der Waals surface area contributed by atoms with E-state index in [0.717, 1.165) is 0 Å². The molecule has 3 aromatic rings. The van der Waals surface area contributed by atoms with Crippen LogP contribution in [0.3, 0.4) is 0 Å². The highest BCUT2D eigenvalue weighted by molar-refractivity contribution is 6.37. The molecule has 7 heteroatoms. The van der Waals surface area contributed by atoms with Crippen molar-refractivity contribution in [2.45, 2.75) is 6.54 Å². The SMILES string of the molecule is O=C(NCc1ccco1)c1cccc(NC(=O)c2ccc(Cl)cc2Cl)c1. The molecule has 0 aliphatic rings. The van der Waals surface area contributed by atoms with E-state index < -0.39 is 0 Å². The van der Waals surface area contributed by atoms with Gasteiger partial charge in [0.15, 0.2) is 0 Å². The van der Waals surface area contributed by atoms with E-state index in [1.54, 1.807) is 54.8 Å². The van der Waals surface area contributed by atoms with Crippen molar-refractivity contribution in [3.63, 3.8) is 0 Å². The molecule has 0 fully saturated rings. The van der Waals surface area contributed by atoms with Crippen LogP contribution < -0.4 is 10.6 Å². The molecule has 0 saturated heterocycles. The molecule has 0 atom stereocenters. The van der Waals surface area contributed by atoms with Crippen molar-refractivity contribution in [1.29, 1.82) is 0 Å². The quantitative estimate of drug-likeness (QED) is 0.661. The van der Waals surface area contributed by atoms with E-state index in [-0.39, 0.29) is 23.4 Å². The van der Waals surface area contributed by atoms with Crippen molar-refractivity contribution in [2.75, 3.05) is 5.32 Å². The van der Waals surface area contributed by atoms with Crippen molar-refractivity contribution >= 4 is 40.7 Å². The Kier molecular flexibility index (Phi) is 5.61. The summed E-state index contributed by atoms with van der Waals surface area (Å²) >= 11 is 11.9.